The van der Waals surface area contributed by atoms with Crippen LogP contribution in [0.3, 0.4) is 0 Å². The van der Waals surface area contributed by atoms with E-state index in [2.05, 4.69) is 18.7 Å². The molecule has 0 aromatic rings. The molecule has 1 rings (SSSR count). The van der Waals surface area contributed by atoms with Crippen LogP contribution in [0, 0.1) is 0 Å². The Morgan fingerprint density at radius 1 is 1.35 bits per heavy atom. The van der Waals surface area contributed by atoms with Crippen LogP contribution in [0.15, 0.2) is 0 Å². The molecule has 1 aliphatic heterocycles. The standard InChI is InChI=1S/C11H23N3O.2ClH/c1-9(2)13(3)8-11(15)14-6-4-10(12)5-7-14;;/h9-10H,4-8,12H2,1-3H3;2*1H. The molecule has 6 heteroatoms. The second kappa shape index (κ2) is 8.97. The van der Waals surface area contributed by atoms with Crippen molar-refractivity contribution in [2.75, 3.05) is 26.7 Å². The minimum atomic E-state index is 0. The van der Waals surface area contributed by atoms with E-state index in [9.17, 15) is 4.79 Å². The predicted octanol–water partition coefficient (Wildman–Crippen LogP) is 1.12. The molecule has 1 saturated heterocycles. The number of carbonyl (C=O) groups excluding carboxylic acids is 1. The first-order valence-electron chi connectivity index (χ1n) is 5.74. The minimum Gasteiger partial charge on any atom is -0.341 e. The summed E-state index contributed by atoms with van der Waals surface area (Å²) in [5.74, 6) is 0.234. The minimum absolute atomic E-state index is 0. The molecule has 104 valence electrons. The molecule has 0 spiro atoms. The number of likely N-dealkylation sites (tertiary alicyclic amines) is 1. The van der Waals surface area contributed by atoms with Crippen LogP contribution in [0.25, 0.3) is 0 Å². The van der Waals surface area contributed by atoms with Crippen molar-refractivity contribution in [3.8, 4) is 0 Å². The summed E-state index contributed by atoms with van der Waals surface area (Å²) in [4.78, 5) is 15.9. The average molecular weight is 286 g/mol. The van der Waals surface area contributed by atoms with Gasteiger partial charge in [0.15, 0.2) is 0 Å². The van der Waals surface area contributed by atoms with Crippen molar-refractivity contribution in [3.05, 3.63) is 0 Å². The Morgan fingerprint density at radius 3 is 2.24 bits per heavy atom. The second-order valence-corrected chi connectivity index (χ2v) is 4.73. The summed E-state index contributed by atoms with van der Waals surface area (Å²) in [6.45, 7) is 6.36. The van der Waals surface area contributed by atoms with Gasteiger partial charge in [-0.15, -0.1) is 24.8 Å². The van der Waals surface area contributed by atoms with Gasteiger partial charge in [0.25, 0.3) is 0 Å². The van der Waals surface area contributed by atoms with Crippen molar-refractivity contribution >= 4 is 30.7 Å². The molecule has 0 aliphatic carbocycles. The molecule has 0 atom stereocenters. The number of amides is 1. The maximum Gasteiger partial charge on any atom is 0.236 e. The summed E-state index contributed by atoms with van der Waals surface area (Å²) in [7, 11) is 1.98. The maximum absolute atomic E-state index is 11.9. The lowest BCUT2D eigenvalue weighted by atomic mass is 10.1. The van der Waals surface area contributed by atoms with Gasteiger partial charge < -0.3 is 10.6 Å². The highest BCUT2D eigenvalue weighted by Gasteiger charge is 2.21. The molecule has 0 aromatic carbocycles. The number of carbonyl (C=O) groups is 1. The molecule has 1 amide bonds. The molecule has 0 aromatic heterocycles. The van der Waals surface area contributed by atoms with Crippen LogP contribution >= 0.6 is 24.8 Å². The SMILES string of the molecule is CC(C)N(C)CC(=O)N1CCC(N)CC1.Cl.Cl. The quantitative estimate of drug-likeness (QED) is 0.846. The highest BCUT2D eigenvalue weighted by molar-refractivity contribution is 5.85. The fourth-order valence-corrected chi connectivity index (χ4v) is 1.64. The van der Waals surface area contributed by atoms with E-state index < -0.39 is 0 Å². The van der Waals surface area contributed by atoms with Crippen molar-refractivity contribution in [3.63, 3.8) is 0 Å². The molecular formula is C11H25Cl2N3O. The first-order chi connectivity index (χ1) is 7.00. The zero-order valence-corrected chi connectivity index (χ0v) is 12.5. The highest BCUT2D eigenvalue weighted by atomic mass is 35.5. The molecule has 2 N–H and O–H groups in total. The van der Waals surface area contributed by atoms with E-state index in [0.717, 1.165) is 25.9 Å². The van der Waals surface area contributed by atoms with E-state index >= 15 is 0 Å². The van der Waals surface area contributed by atoms with Gasteiger partial charge in [0, 0.05) is 25.2 Å². The molecule has 0 radical (unpaired) electrons. The molecule has 1 aliphatic rings. The Labute approximate surface area is 117 Å². The number of hydrogen-bond donors (Lipinski definition) is 1. The molecule has 0 bridgehead atoms. The van der Waals surface area contributed by atoms with Crippen LogP contribution < -0.4 is 5.73 Å². The first kappa shape index (κ1) is 19.3. The fraction of sp³-hybridized carbons (Fsp3) is 0.909. The van der Waals surface area contributed by atoms with Gasteiger partial charge in [-0.05, 0) is 33.7 Å². The molecule has 1 fully saturated rings. The van der Waals surface area contributed by atoms with Crippen molar-refractivity contribution in [1.29, 1.82) is 0 Å². The lowest BCUT2D eigenvalue weighted by Crippen LogP contribution is -2.47. The lowest BCUT2D eigenvalue weighted by molar-refractivity contribution is -0.133. The monoisotopic (exact) mass is 285 g/mol. The number of nitrogens with zero attached hydrogens (tertiary/aromatic N) is 2. The van der Waals surface area contributed by atoms with Gasteiger partial charge in [0.05, 0.1) is 6.54 Å². The molecule has 17 heavy (non-hydrogen) atoms. The molecule has 1 heterocycles. The smallest absolute Gasteiger partial charge is 0.236 e. The summed E-state index contributed by atoms with van der Waals surface area (Å²) in [5, 5.41) is 0. The van der Waals surface area contributed by atoms with Gasteiger partial charge in [0.2, 0.25) is 5.91 Å². The largest absolute Gasteiger partial charge is 0.341 e. The van der Waals surface area contributed by atoms with E-state index in [4.69, 9.17) is 5.73 Å². The summed E-state index contributed by atoms with van der Waals surface area (Å²) >= 11 is 0. The van der Waals surface area contributed by atoms with Crippen LogP contribution in [0.5, 0.6) is 0 Å². The highest BCUT2D eigenvalue weighted by Crippen LogP contribution is 2.08. The van der Waals surface area contributed by atoms with Gasteiger partial charge in [-0.1, -0.05) is 0 Å². The summed E-state index contributed by atoms with van der Waals surface area (Å²) < 4.78 is 0. The molecule has 0 unspecified atom stereocenters. The lowest BCUT2D eigenvalue weighted by Gasteiger charge is -2.32. The van der Waals surface area contributed by atoms with Crippen LogP contribution in [-0.4, -0.2) is 54.5 Å². The van der Waals surface area contributed by atoms with Gasteiger partial charge >= 0.3 is 0 Å². The second-order valence-electron chi connectivity index (χ2n) is 4.73. The van der Waals surface area contributed by atoms with Crippen molar-refractivity contribution in [2.45, 2.75) is 38.8 Å². The van der Waals surface area contributed by atoms with E-state index in [1.165, 1.54) is 0 Å². The van der Waals surface area contributed by atoms with Crippen molar-refractivity contribution < 1.29 is 4.79 Å². The number of rotatable bonds is 3. The third-order valence-electron chi connectivity index (χ3n) is 3.16. The Bertz CT molecular complexity index is 219. The Morgan fingerprint density at radius 2 is 1.82 bits per heavy atom. The number of halogens is 2. The molecule has 0 saturated carbocycles. The van der Waals surface area contributed by atoms with Gasteiger partial charge in [-0.25, -0.2) is 0 Å². The van der Waals surface area contributed by atoms with E-state index in [-0.39, 0.29) is 36.8 Å². The van der Waals surface area contributed by atoms with E-state index in [1.807, 2.05) is 11.9 Å². The average Bonchev–Trinajstić information content (AvgIpc) is 2.18. The Kier molecular flexibility index (Phi) is 10.2. The summed E-state index contributed by atoms with van der Waals surface area (Å²) in [6.07, 6.45) is 1.88. The fourth-order valence-electron chi connectivity index (χ4n) is 1.64. The third-order valence-corrected chi connectivity index (χ3v) is 3.16. The number of likely N-dealkylation sites (N-methyl/N-ethyl adjacent to an activating group) is 1. The van der Waals surface area contributed by atoms with E-state index in [0.29, 0.717) is 12.6 Å². The zero-order valence-electron chi connectivity index (χ0n) is 10.9. The Hall–Kier alpha value is -0.0300. The first-order valence-corrected chi connectivity index (χ1v) is 5.74. The van der Waals surface area contributed by atoms with Gasteiger partial charge in [-0.2, -0.15) is 0 Å². The third kappa shape index (κ3) is 6.46. The van der Waals surface area contributed by atoms with Gasteiger partial charge in [0.1, 0.15) is 0 Å². The predicted molar refractivity (Wildman–Crippen MR) is 76.1 cm³/mol. The summed E-state index contributed by atoms with van der Waals surface area (Å²) in [5.41, 5.74) is 5.80. The topological polar surface area (TPSA) is 49.6 Å². The number of nitrogens with two attached hydrogens (primary N) is 1. The van der Waals surface area contributed by atoms with Crippen molar-refractivity contribution in [2.24, 2.45) is 5.73 Å². The van der Waals surface area contributed by atoms with E-state index in [1.54, 1.807) is 0 Å². The maximum atomic E-state index is 11.9. The molecular weight excluding hydrogens is 261 g/mol. The van der Waals surface area contributed by atoms with Crippen LogP contribution in [0.1, 0.15) is 26.7 Å². The zero-order chi connectivity index (χ0) is 11.4. The van der Waals surface area contributed by atoms with Crippen molar-refractivity contribution in [1.82, 2.24) is 9.80 Å². The van der Waals surface area contributed by atoms with Gasteiger partial charge in [-0.3, -0.25) is 9.69 Å². The number of piperidine rings is 1. The van der Waals surface area contributed by atoms with Crippen LogP contribution in [0.4, 0.5) is 0 Å². The van der Waals surface area contributed by atoms with Crippen LogP contribution in [-0.2, 0) is 4.79 Å². The summed E-state index contributed by atoms with van der Waals surface area (Å²) in [6, 6.07) is 0.706. The molecule has 4 nitrogen and oxygen atoms in total. The Balaban J connectivity index is 0. The number of hydrogen-bond acceptors (Lipinski definition) is 3. The van der Waals surface area contributed by atoms with Crippen LogP contribution in [0.2, 0.25) is 0 Å². The normalized spacial score (nSPS) is 16.7.